The first-order valence-electron chi connectivity index (χ1n) is 12.7. The minimum Gasteiger partial charge on any atom is -0.445 e. The third kappa shape index (κ3) is 5.50. The van der Waals surface area contributed by atoms with Crippen molar-refractivity contribution in [3.8, 4) is 0 Å². The maximum atomic E-state index is 11.8. The van der Waals surface area contributed by atoms with Crippen LogP contribution >= 0.6 is 0 Å². The molecule has 2 aromatic rings. The Morgan fingerprint density at radius 1 is 0.639 bits per heavy atom. The third-order valence-electron chi connectivity index (χ3n) is 8.09. The number of likely N-dealkylation sites (tertiary alicyclic amines) is 2. The van der Waals surface area contributed by atoms with Crippen LogP contribution in [0.3, 0.4) is 0 Å². The molecule has 2 aliphatic heterocycles. The molecular weight excluding hydrogens is 460 g/mol. The SMILES string of the molecule is O=C(OCc1ccccc1)N1C[C@@H]2C(CO)[C@@H]2C1.O=C(OCc1ccccc1)N1C[C@@H]2C(CO)[C@@H]2C1. The molecule has 2 amide bonds. The van der Waals surface area contributed by atoms with E-state index >= 15 is 0 Å². The molecule has 0 radical (unpaired) electrons. The lowest BCUT2D eigenvalue weighted by Gasteiger charge is -2.19. The van der Waals surface area contributed by atoms with Gasteiger partial charge in [-0.1, -0.05) is 60.7 Å². The van der Waals surface area contributed by atoms with Gasteiger partial charge in [0, 0.05) is 39.4 Å². The van der Waals surface area contributed by atoms with Crippen LogP contribution in [0.1, 0.15) is 11.1 Å². The van der Waals surface area contributed by atoms with Gasteiger partial charge in [0.2, 0.25) is 0 Å². The maximum absolute atomic E-state index is 11.8. The number of piperidine rings is 2. The highest BCUT2D eigenvalue weighted by molar-refractivity contribution is 5.69. The number of fused-ring (bicyclic) bond motifs is 2. The number of ether oxygens (including phenoxy) is 2. The summed E-state index contributed by atoms with van der Waals surface area (Å²) in [6, 6.07) is 19.4. The number of hydrogen-bond acceptors (Lipinski definition) is 6. The molecule has 6 atom stereocenters. The van der Waals surface area contributed by atoms with E-state index in [1.807, 2.05) is 60.7 Å². The van der Waals surface area contributed by atoms with Crippen LogP contribution in [-0.4, -0.2) is 71.6 Å². The van der Waals surface area contributed by atoms with E-state index in [2.05, 4.69) is 0 Å². The van der Waals surface area contributed by atoms with Crippen molar-refractivity contribution in [1.29, 1.82) is 0 Å². The second-order valence-electron chi connectivity index (χ2n) is 10.2. The Balaban J connectivity index is 0.000000148. The Morgan fingerprint density at radius 2 is 0.972 bits per heavy atom. The Morgan fingerprint density at radius 3 is 1.28 bits per heavy atom. The molecule has 8 nitrogen and oxygen atoms in total. The predicted molar refractivity (Wildman–Crippen MR) is 132 cm³/mol. The lowest BCUT2D eigenvalue weighted by atomic mass is 10.2. The molecule has 4 aliphatic rings. The van der Waals surface area contributed by atoms with Gasteiger partial charge in [0.05, 0.1) is 0 Å². The largest absolute Gasteiger partial charge is 0.445 e. The molecule has 0 aromatic heterocycles. The van der Waals surface area contributed by atoms with Crippen LogP contribution in [0.25, 0.3) is 0 Å². The Hall–Kier alpha value is -3.10. The molecule has 6 rings (SSSR count). The van der Waals surface area contributed by atoms with Crippen molar-refractivity contribution in [3.63, 3.8) is 0 Å². The average Bonchev–Trinajstić information content (AvgIpc) is 3.61. The summed E-state index contributed by atoms with van der Waals surface area (Å²) in [5.41, 5.74) is 2.01. The van der Waals surface area contributed by atoms with Crippen molar-refractivity contribution in [2.75, 3.05) is 39.4 Å². The second-order valence-corrected chi connectivity index (χ2v) is 10.2. The molecule has 2 aromatic carbocycles. The fraction of sp³-hybridized carbons (Fsp3) is 0.500. The van der Waals surface area contributed by atoms with Crippen molar-refractivity contribution in [1.82, 2.24) is 9.80 Å². The van der Waals surface area contributed by atoms with Crippen molar-refractivity contribution in [2.24, 2.45) is 35.5 Å². The standard InChI is InChI=1S/2C14H17NO3/c2*16-8-13-11-6-15(7-12(11)13)14(17)18-9-10-4-2-1-3-5-10/h2*1-5,11-13,16H,6-9H2/t2*11-,12+,13?. The monoisotopic (exact) mass is 494 g/mol. The van der Waals surface area contributed by atoms with E-state index in [9.17, 15) is 9.59 Å². The second kappa shape index (κ2) is 10.9. The molecule has 0 bridgehead atoms. The van der Waals surface area contributed by atoms with Gasteiger partial charge in [-0.15, -0.1) is 0 Å². The summed E-state index contributed by atoms with van der Waals surface area (Å²) in [5, 5.41) is 18.1. The van der Waals surface area contributed by atoms with E-state index in [-0.39, 0.29) is 25.4 Å². The molecule has 8 heteroatoms. The molecule has 2 N–H and O–H groups in total. The van der Waals surface area contributed by atoms with Crippen LogP contribution in [0.4, 0.5) is 9.59 Å². The smallest absolute Gasteiger partial charge is 0.410 e. The minimum atomic E-state index is -0.234. The minimum absolute atomic E-state index is 0.234. The molecule has 4 fully saturated rings. The Bertz CT molecular complexity index is 927. The fourth-order valence-electron chi connectivity index (χ4n) is 5.76. The van der Waals surface area contributed by atoms with Crippen molar-refractivity contribution >= 4 is 12.2 Å². The average molecular weight is 495 g/mol. The van der Waals surface area contributed by atoms with Gasteiger partial charge in [-0.3, -0.25) is 0 Å². The summed E-state index contributed by atoms with van der Waals surface area (Å²) >= 11 is 0. The first-order valence-corrected chi connectivity index (χ1v) is 12.7. The van der Waals surface area contributed by atoms with E-state index in [1.165, 1.54) is 0 Å². The van der Waals surface area contributed by atoms with E-state index < -0.39 is 0 Å². The quantitative estimate of drug-likeness (QED) is 0.641. The van der Waals surface area contributed by atoms with Crippen molar-refractivity contribution in [2.45, 2.75) is 13.2 Å². The van der Waals surface area contributed by atoms with Crippen LogP contribution in [0, 0.1) is 35.5 Å². The van der Waals surface area contributed by atoms with Gasteiger partial charge in [-0.25, -0.2) is 9.59 Å². The molecule has 192 valence electrons. The first kappa shape index (κ1) is 24.6. The number of rotatable bonds is 6. The third-order valence-corrected chi connectivity index (χ3v) is 8.09. The van der Waals surface area contributed by atoms with Gasteiger partial charge >= 0.3 is 12.2 Å². The zero-order valence-corrected chi connectivity index (χ0v) is 20.3. The van der Waals surface area contributed by atoms with Gasteiger partial charge < -0.3 is 29.5 Å². The van der Waals surface area contributed by atoms with Gasteiger partial charge in [0.25, 0.3) is 0 Å². The fourth-order valence-corrected chi connectivity index (χ4v) is 5.76. The molecule has 2 saturated carbocycles. The predicted octanol–water partition coefficient (Wildman–Crippen LogP) is 2.99. The number of amides is 2. The van der Waals surface area contributed by atoms with Gasteiger partial charge in [0.15, 0.2) is 0 Å². The molecule has 0 spiro atoms. The summed E-state index contributed by atoms with van der Waals surface area (Å²) in [6.45, 7) is 4.12. The van der Waals surface area contributed by atoms with Gasteiger partial charge in [0.1, 0.15) is 13.2 Å². The molecule has 2 unspecified atom stereocenters. The highest BCUT2D eigenvalue weighted by Gasteiger charge is 2.57. The number of benzene rings is 2. The lowest BCUT2D eigenvalue weighted by Crippen LogP contribution is -2.32. The number of nitrogens with zero attached hydrogens (tertiary/aromatic N) is 2. The number of carbonyl (C=O) groups excluding carboxylic acids is 2. The van der Waals surface area contributed by atoms with E-state index in [4.69, 9.17) is 19.7 Å². The van der Waals surface area contributed by atoms with Crippen LogP contribution in [-0.2, 0) is 22.7 Å². The molecule has 2 aliphatic carbocycles. The molecule has 36 heavy (non-hydrogen) atoms. The van der Waals surface area contributed by atoms with Crippen LogP contribution in [0.2, 0.25) is 0 Å². The highest BCUT2D eigenvalue weighted by atomic mass is 16.6. The normalized spacial score (nSPS) is 28.9. The number of hydrogen-bond donors (Lipinski definition) is 2. The first-order chi connectivity index (χ1) is 17.6. The zero-order valence-electron chi connectivity index (χ0n) is 20.3. The molecule has 2 heterocycles. The number of aliphatic hydroxyl groups is 2. The van der Waals surface area contributed by atoms with Crippen LogP contribution in [0.5, 0.6) is 0 Å². The van der Waals surface area contributed by atoms with E-state index in [0.717, 1.165) is 37.3 Å². The Labute approximate surface area is 211 Å². The topological polar surface area (TPSA) is 99.5 Å². The molecule has 2 saturated heterocycles. The lowest BCUT2D eigenvalue weighted by molar-refractivity contribution is 0.0962. The van der Waals surface area contributed by atoms with E-state index in [0.29, 0.717) is 48.7 Å². The van der Waals surface area contributed by atoms with Crippen LogP contribution in [0.15, 0.2) is 60.7 Å². The number of aliphatic hydroxyl groups excluding tert-OH is 2. The summed E-state index contributed by atoms with van der Waals surface area (Å²) in [4.78, 5) is 27.2. The summed E-state index contributed by atoms with van der Waals surface area (Å²) < 4.78 is 10.5. The zero-order chi connectivity index (χ0) is 25.1. The summed E-state index contributed by atoms with van der Waals surface area (Å²) in [7, 11) is 0. The van der Waals surface area contributed by atoms with E-state index in [1.54, 1.807) is 9.80 Å². The summed E-state index contributed by atoms with van der Waals surface area (Å²) in [6.07, 6.45) is -0.467. The highest BCUT2D eigenvalue weighted by Crippen LogP contribution is 2.52. The van der Waals surface area contributed by atoms with Gasteiger partial charge in [-0.05, 0) is 46.6 Å². The molecular formula is C28H34N2O6. The maximum Gasteiger partial charge on any atom is 0.410 e. The van der Waals surface area contributed by atoms with Crippen molar-refractivity contribution < 1.29 is 29.3 Å². The number of carbonyl (C=O) groups is 2. The Kier molecular flexibility index (Phi) is 7.43. The van der Waals surface area contributed by atoms with Crippen LogP contribution < -0.4 is 0 Å². The van der Waals surface area contributed by atoms with Crippen molar-refractivity contribution in [3.05, 3.63) is 71.8 Å². The summed E-state index contributed by atoms with van der Waals surface area (Å²) in [5.74, 6) is 2.84. The van der Waals surface area contributed by atoms with Gasteiger partial charge in [-0.2, -0.15) is 0 Å².